The van der Waals surface area contributed by atoms with Gasteiger partial charge in [-0.2, -0.15) is 0 Å². The molecule has 0 aliphatic heterocycles. The lowest BCUT2D eigenvalue weighted by atomic mass is 10.1. The molecule has 7 heteroatoms. The van der Waals surface area contributed by atoms with Crippen LogP contribution in [0.25, 0.3) is 21.0 Å². The van der Waals surface area contributed by atoms with E-state index in [4.69, 9.17) is 15.9 Å². The van der Waals surface area contributed by atoms with E-state index in [9.17, 15) is 4.79 Å². The number of rotatable bonds is 6. The average molecular weight is 453 g/mol. The summed E-state index contributed by atoms with van der Waals surface area (Å²) in [4.78, 5) is 18.6. The average Bonchev–Trinajstić information content (AvgIpc) is 3.29. The molecule has 0 aliphatic carbocycles. The number of hydrogen-bond donors (Lipinski definition) is 3. The van der Waals surface area contributed by atoms with E-state index in [1.807, 2.05) is 84.9 Å². The number of aromatic nitrogens is 1. The standard InChI is InChI=1S/C26H20N4O2S/c27-25(28)22-15-18-20(12-5-13-21(18)33-22)32-24(17-7-2-1-3-8-17)26(31)30-19-11-4-9-16-10-6-14-29-23(16)19/h1-15,24H,(H3,27,28)(H,30,31). The number of fused-ring (bicyclic) bond motifs is 2. The first-order valence-corrected chi connectivity index (χ1v) is 11.1. The van der Waals surface area contributed by atoms with Crippen molar-refractivity contribution < 1.29 is 9.53 Å². The summed E-state index contributed by atoms with van der Waals surface area (Å²) in [5.41, 5.74) is 7.74. The summed E-state index contributed by atoms with van der Waals surface area (Å²) in [6, 6.07) is 26.3. The van der Waals surface area contributed by atoms with E-state index < -0.39 is 6.10 Å². The second-order valence-electron chi connectivity index (χ2n) is 7.47. The maximum absolute atomic E-state index is 13.5. The maximum Gasteiger partial charge on any atom is 0.270 e. The van der Waals surface area contributed by atoms with Gasteiger partial charge in [-0.15, -0.1) is 11.3 Å². The van der Waals surface area contributed by atoms with Crippen molar-refractivity contribution in [1.29, 1.82) is 5.41 Å². The van der Waals surface area contributed by atoms with Gasteiger partial charge in [-0.1, -0.05) is 54.6 Å². The number of anilines is 1. The van der Waals surface area contributed by atoms with E-state index in [-0.39, 0.29) is 11.7 Å². The van der Waals surface area contributed by atoms with Crippen LogP contribution in [0, 0.1) is 5.41 Å². The molecule has 4 N–H and O–H groups in total. The summed E-state index contributed by atoms with van der Waals surface area (Å²) >= 11 is 1.42. The lowest BCUT2D eigenvalue weighted by Gasteiger charge is -2.20. The molecule has 0 saturated heterocycles. The zero-order chi connectivity index (χ0) is 22.8. The smallest absolute Gasteiger partial charge is 0.270 e. The Labute approximate surface area is 194 Å². The number of nitrogen functional groups attached to an aromatic ring is 1. The van der Waals surface area contributed by atoms with Crippen molar-refractivity contribution in [2.75, 3.05) is 5.32 Å². The Hall–Kier alpha value is -4.23. The number of hydrogen-bond acceptors (Lipinski definition) is 5. The van der Waals surface area contributed by atoms with Crippen LogP contribution in [0.3, 0.4) is 0 Å². The third kappa shape index (κ3) is 4.14. The quantitative estimate of drug-likeness (QED) is 0.234. The van der Waals surface area contributed by atoms with Crippen LogP contribution in [-0.2, 0) is 4.79 Å². The normalized spacial score (nSPS) is 11.9. The first-order valence-electron chi connectivity index (χ1n) is 10.3. The Kier molecular flexibility index (Phi) is 5.46. The number of nitrogens with one attached hydrogen (secondary N) is 2. The van der Waals surface area contributed by atoms with Crippen molar-refractivity contribution >= 4 is 49.8 Å². The molecule has 2 aromatic heterocycles. The van der Waals surface area contributed by atoms with Crippen molar-refractivity contribution in [1.82, 2.24) is 4.98 Å². The molecule has 5 rings (SSSR count). The van der Waals surface area contributed by atoms with Gasteiger partial charge in [0.15, 0.2) is 0 Å². The van der Waals surface area contributed by atoms with Crippen molar-refractivity contribution in [2.45, 2.75) is 6.10 Å². The van der Waals surface area contributed by atoms with Gasteiger partial charge in [-0.25, -0.2) is 0 Å². The largest absolute Gasteiger partial charge is 0.475 e. The molecule has 0 saturated carbocycles. The molecule has 1 unspecified atom stereocenters. The summed E-state index contributed by atoms with van der Waals surface area (Å²) in [5.74, 6) is 0.248. The first kappa shape index (κ1) is 20.7. The fourth-order valence-electron chi connectivity index (χ4n) is 3.70. The number of benzene rings is 3. The summed E-state index contributed by atoms with van der Waals surface area (Å²) in [7, 11) is 0. The van der Waals surface area contributed by atoms with Gasteiger partial charge in [-0.3, -0.25) is 15.2 Å². The van der Waals surface area contributed by atoms with Crippen LogP contribution in [0.5, 0.6) is 5.75 Å². The molecular formula is C26H20N4O2S. The molecular weight excluding hydrogens is 432 g/mol. The van der Waals surface area contributed by atoms with Gasteiger partial charge in [-0.05, 0) is 30.3 Å². The van der Waals surface area contributed by atoms with Crippen LogP contribution in [0.15, 0.2) is 91.1 Å². The Morgan fingerprint density at radius 3 is 2.61 bits per heavy atom. The predicted octanol–water partition coefficient (Wildman–Crippen LogP) is 5.49. The van der Waals surface area contributed by atoms with Crippen molar-refractivity contribution in [3.63, 3.8) is 0 Å². The van der Waals surface area contributed by atoms with Gasteiger partial charge in [0, 0.05) is 27.2 Å². The van der Waals surface area contributed by atoms with Gasteiger partial charge >= 0.3 is 0 Å². The minimum Gasteiger partial charge on any atom is -0.475 e. The topological polar surface area (TPSA) is 101 Å². The number of thiophene rings is 1. The zero-order valence-corrected chi connectivity index (χ0v) is 18.3. The maximum atomic E-state index is 13.5. The molecule has 0 radical (unpaired) electrons. The predicted molar refractivity (Wildman–Crippen MR) is 133 cm³/mol. The third-order valence-electron chi connectivity index (χ3n) is 5.26. The van der Waals surface area contributed by atoms with Crippen LogP contribution < -0.4 is 15.8 Å². The molecule has 0 spiro atoms. The Bertz CT molecular complexity index is 1470. The summed E-state index contributed by atoms with van der Waals surface area (Å²) in [5, 5.41) is 12.5. The molecule has 33 heavy (non-hydrogen) atoms. The number of carbonyl (C=O) groups excluding carboxylic acids is 1. The lowest BCUT2D eigenvalue weighted by molar-refractivity contribution is -0.123. The number of carbonyl (C=O) groups is 1. The van der Waals surface area contributed by atoms with Crippen LogP contribution in [0.4, 0.5) is 5.69 Å². The summed E-state index contributed by atoms with van der Waals surface area (Å²) in [6.07, 6.45) is 0.809. The Morgan fingerprint density at radius 1 is 1.00 bits per heavy atom. The summed E-state index contributed by atoms with van der Waals surface area (Å²) < 4.78 is 7.25. The summed E-state index contributed by atoms with van der Waals surface area (Å²) in [6.45, 7) is 0. The molecule has 0 aliphatic rings. The minimum absolute atomic E-state index is 0.00274. The highest BCUT2D eigenvalue weighted by atomic mass is 32.1. The minimum atomic E-state index is -0.892. The van der Waals surface area contributed by atoms with Crippen molar-refractivity contribution in [3.05, 3.63) is 102 Å². The third-order valence-corrected chi connectivity index (χ3v) is 6.40. The highest BCUT2D eigenvalue weighted by Gasteiger charge is 2.25. The van der Waals surface area contributed by atoms with Gasteiger partial charge in [0.1, 0.15) is 11.6 Å². The van der Waals surface area contributed by atoms with E-state index in [0.29, 0.717) is 21.8 Å². The fourth-order valence-corrected chi connectivity index (χ4v) is 4.64. The highest BCUT2D eigenvalue weighted by molar-refractivity contribution is 7.20. The number of nitrogens with two attached hydrogens (primary N) is 1. The number of pyridine rings is 1. The molecule has 1 amide bonds. The van der Waals surface area contributed by atoms with Gasteiger partial charge < -0.3 is 15.8 Å². The number of amides is 1. The number of ether oxygens (including phenoxy) is 1. The van der Waals surface area contributed by atoms with Crippen molar-refractivity contribution in [3.8, 4) is 5.75 Å². The van der Waals surface area contributed by atoms with Gasteiger partial charge in [0.2, 0.25) is 6.10 Å². The molecule has 0 fully saturated rings. The monoisotopic (exact) mass is 452 g/mol. The van der Waals surface area contributed by atoms with Crippen LogP contribution in [0.2, 0.25) is 0 Å². The van der Waals surface area contributed by atoms with E-state index in [1.54, 1.807) is 6.20 Å². The second kappa shape index (κ2) is 8.72. The number of para-hydroxylation sites is 1. The number of nitrogens with zero attached hydrogens (tertiary/aromatic N) is 1. The molecule has 1 atom stereocenters. The van der Waals surface area contributed by atoms with Crippen LogP contribution in [0.1, 0.15) is 16.5 Å². The van der Waals surface area contributed by atoms with E-state index in [0.717, 1.165) is 21.0 Å². The lowest BCUT2D eigenvalue weighted by Crippen LogP contribution is -2.26. The number of amidine groups is 1. The molecule has 2 heterocycles. The molecule has 3 aromatic carbocycles. The van der Waals surface area contributed by atoms with E-state index in [1.165, 1.54) is 11.3 Å². The van der Waals surface area contributed by atoms with Crippen LogP contribution in [-0.4, -0.2) is 16.7 Å². The van der Waals surface area contributed by atoms with E-state index >= 15 is 0 Å². The van der Waals surface area contributed by atoms with Gasteiger partial charge in [0.25, 0.3) is 5.91 Å². The van der Waals surface area contributed by atoms with E-state index in [2.05, 4.69) is 10.3 Å². The molecule has 5 aromatic rings. The SMILES string of the molecule is N=C(N)c1cc2c(OC(C(=O)Nc3cccc4cccnc34)c3ccccc3)cccc2s1. The Morgan fingerprint density at radius 2 is 1.79 bits per heavy atom. The highest BCUT2D eigenvalue weighted by Crippen LogP contribution is 2.35. The van der Waals surface area contributed by atoms with Gasteiger partial charge in [0.05, 0.1) is 16.1 Å². The fraction of sp³-hybridized carbons (Fsp3) is 0.0385. The zero-order valence-electron chi connectivity index (χ0n) is 17.5. The molecule has 6 nitrogen and oxygen atoms in total. The van der Waals surface area contributed by atoms with Crippen molar-refractivity contribution in [2.24, 2.45) is 5.73 Å². The Balaban J connectivity index is 1.53. The second-order valence-corrected chi connectivity index (χ2v) is 8.55. The molecule has 0 bridgehead atoms. The molecule has 162 valence electrons. The van der Waals surface area contributed by atoms with Crippen LogP contribution >= 0.6 is 11.3 Å². The first-order chi connectivity index (χ1) is 16.1.